The molecule has 0 spiro atoms. The third-order valence-corrected chi connectivity index (χ3v) is 7.51. The van der Waals surface area contributed by atoms with E-state index in [4.69, 9.17) is 4.74 Å². The fraction of sp³-hybridized carbons (Fsp3) is 0.441. The zero-order valence-corrected chi connectivity index (χ0v) is 24.1. The lowest BCUT2D eigenvalue weighted by atomic mass is 9.91. The summed E-state index contributed by atoms with van der Waals surface area (Å²) in [5.74, 6) is 2.20. The third-order valence-electron chi connectivity index (χ3n) is 7.51. The van der Waals surface area contributed by atoms with Crippen LogP contribution in [0.3, 0.4) is 0 Å². The van der Waals surface area contributed by atoms with Crippen LogP contribution in [0.4, 0.5) is 0 Å². The first-order valence-corrected chi connectivity index (χ1v) is 14.7. The SMILES string of the molecule is C=[N+](CCCCC(=O)NC1C=C2C=C(C3=CC=C(NC(C)=O)CCC3)OC(=CC(C)C1)C2)CCc1ccccc1. The first kappa shape index (κ1) is 29.3. The average molecular weight is 543 g/mol. The first-order valence-electron chi connectivity index (χ1n) is 14.7. The van der Waals surface area contributed by atoms with E-state index in [1.54, 1.807) is 0 Å². The number of hydrogen-bond donors (Lipinski definition) is 2. The number of carbonyl (C=O) groups excluding carboxylic acids is 2. The molecular weight excluding hydrogens is 498 g/mol. The molecule has 4 rings (SSSR count). The van der Waals surface area contributed by atoms with Gasteiger partial charge in [-0.15, -0.1) is 0 Å². The number of carbonyl (C=O) groups is 2. The van der Waals surface area contributed by atoms with E-state index < -0.39 is 0 Å². The van der Waals surface area contributed by atoms with Crippen molar-refractivity contribution in [3.05, 3.63) is 94.6 Å². The molecule has 0 fully saturated rings. The van der Waals surface area contributed by atoms with Crippen LogP contribution < -0.4 is 10.6 Å². The van der Waals surface area contributed by atoms with E-state index in [0.29, 0.717) is 6.42 Å². The summed E-state index contributed by atoms with van der Waals surface area (Å²) in [5.41, 5.74) is 4.57. The van der Waals surface area contributed by atoms with Crippen LogP contribution in [0.25, 0.3) is 0 Å². The van der Waals surface area contributed by atoms with Crippen molar-refractivity contribution >= 4 is 18.5 Å². The molecule has 0 radical (unpaired) electrons. The van der Waals surface area contributed by atoms with Gasteiger partial charge in [0.25, 0.3) is 0 Å². The van der Waals surface area contributed by atoms with E-state index >= 15 is 0 Å². The Bertz CT molecular complexity index is 1240. The summed E-state index contributed by atoms with van der Waals surface area (Å²) in [4.78, 5) is 24.3. The molecule has 1 aromatic rings. The molecule has 2 atom stereocenters. The van der Waals surface area contributed by atoms with Gasteiger partial charge >= 0.3 is 0 Å². The van der Waals surface area contributed by atoms with Crippen molar-refractivity contribution in [3.8, 4) is 0 Å². The Kier molecular flexibility index (Phi) is 10.7. The van der Waals surface area contributed by atoms with Gasteiger partial charge in [0.05, 0.1) is 0 Å². The number of rotatable bonds is 11. The summed E-state index contributed by atoms with van der Waals surface area (Å²) in [6.07, 6.45) is 18.2. The van der Waals surface area contributed by atoms with Crippen molar-refractivity contribution in [3.63, 3.8) is 0 Å². The smallest absolute Gasteiger partial charge is 0.220 e. The summed E-state index contributed by atoms with van der Waals surface area (Å²) in [6.45, 7) is 9.69. The Morgan fingerprint density at radius 2 is 1.90 bits per heavy atom. The van der Waals surface area contributed by atoms with Crippen LogP contribution in [-0.4, -0.2) is 42.2 Å². The molecule has 2 aliphatic carbocycles. The molecule has 2 bridgehead atoms. The summed E-state index contributed by atoms with van der Waals surface area (Å²) in [7, 11) is 0. The van der Waals surface area contributed by atoms with Crippen LogP contribution >= 0.6 is 0 Å². The molecule has 6 heteroatoms. The number of benzene rings is 1. The van der Waals surface area contributed by atoms with Crippen LogP contribution in [0.5, 0.6) is 0 Å². The standard InChI is InChI=1S/C34H43N3O3/c1-25-20-31(36-34(39)14-7-8-18-37(3)19-17-27-10-5-4-6-11-27)22-28-23-32(21-25)40-33(24-28)29-12-9-13-30(16-15-29)35-26(2)38/h4-6,10-11,15-16,21-22,24-25,31H,3,7-9,12-14,17-20,23H2,1-2H3,(H-,35,36,38,39)/p+1. The van der Waals surface area contributed by atoms with Crippen molar-refractivity contribution in [1.29, 1.82) is 0 Å². The van der Waals surface area contributed by atoms with Crippen LogP contribution in [-0.2, 0) is 20.7 Å². The second kappa shape index (κ2) is 14.6. The fourth-order valence-electron chi connectivity index (χ4n) is 5.51. The largest absolute Gasteiger partial charge is 0.461 e. The zero-order chi connectivity index (χ0) is 28.3. The van der Waals surface area contributed by atoms with Crippen molar-refractivity contribution in [2.24, 2.45) is 5.92 Å². The Morgan fingerprint density at radius 3 is 2.70 bits per heavy atom. The summed E-state index contributed by atoms with van der Waals surface area (Å²) in [5, 5.41) is 6.19. The van der Waals surface area contributed by atoms with Gasteiger partial charge in [-0.3, -0.25) is 9.59 Å². The van der Waals surface area contributed by atoms with Gasteiger partial charge < -0.3 is 15.4 Å². The Hall–Kier alpha value is -3.67. The monoisotopic (exact) mass is 542 g/mol. The van der Waals surface area contributed by atoms with Gasteiger partial charge in [0.15, 0.2) is 0 Å². The number of ether oxygens (including phenoxy) is 1. The van der Waals surface area contributed by atoms with Gasteiger partial charge in [-0.2, -0.15) is 0 Å². The van der Waals surface area contributed by atoms with Gasteiger partial charge in [0.1, 0.15) is 31.3 Å². The van der Waals surface area contributed by atoms with Crippen molar-refractivity contribution in [2.75, 3.05) is 13.1 Å². The fourth-order valence-corrected chi connectivity index (χ4v) is 5.51. The van der Waals surface area contributed by atoms with Crippen molar-refractivity contribution in [1.82, 2.24) is 10.6 Å². The van der Waals surface area contributed by atoms with E-state index in [9.17, 15) is 9.59 Å². The molecule has 2 N–H and O–H groups in total. The highest BCUT2D eigenvalue weighted by Crippen LogP contribution is 2.34. The van der Waals surface area contributed by atoms with Gasteiger partial charge in [-0.1, -0.05) is 49.4 Å². The predicted molar refractivity (Wildman–Crippen MR) is 161 cm³/mol. The average Bonchev–Trinajstić information content (AvgIpc) is 3.15. The normalized spacial score (nSPS) is 20.6. The lowest BCUT2D eigenvalue weighted by Crippen LogP contribution is -2.35. The van der Waals surface area contributed by atoms with E-state index in [2.05, 4.69) is 77.4 Å². The molecular formula is C34H44N3O3+. The molecule has 6 nitrogen and oxygen atoms in total. The molecule has 212 valence electrons. The minimum Gasteiger partial charge on any atom is -0.461 e. The van der Waals surface area contributed by atoms with Crippen LogP contribution in [0, 0.1) is 5.92 Å². The quantitative estimate of drug-likeness (QED) is 0.208. The minimum atomic E-state index is -0.0425. The summed E-state index contributed by atoms with van der Waals surface area (Å²) in [6, 6.07) is 10.5. The molecule has 3 aliphatic rings. The zero-order valence-electron chi connectivity index (χ0n) is 24.1. The van der Waals surface area contributed by atoms with Crippen LogP contribution in [0.2, 0.25) is 0 Å². The number of fused-ring (bicyclic) bond motifs is 2. The maximum Gasteiger partial charge on any atom is 0.220 e. The number of nitrogens with zero attached hydrogens (tertiary/aromatic N) is 1. The van der Waals surface area contributed by atoms with Gasteiger partial charge in [0.2, 0.25) is 11.8 Å². The first-order chi connectivity index (χ1) is 19.3. The topological polar surface area (TPSA) is 70.4 Å². The lowest BCUT2D eigenvalue weighted by molar-refractivity contribution is -0.519. The van der Waals surface area contributed by atoms with E-state index in [1.165, 1.54) is 18.1 Å². The van der Waals surface area contributed by atoms with Crippen molar-refractivity contribution in [2.45, 2.75) is 77.7 Å². The number of allylic oxidation sites excluding steroid dienone is 7. The minimum absolute atomic E-state index is 0.00418. The Labute approximate surface area is 239 Å². The molecule has 0 saturated carbocycles. The highest BCUT2D eigenvalue weighted by Gasteiger charge is 2.23. The summed E-state index contributed by atoms with van der Waals surface area (Å²) < 4.78 is 8.42. The maximum absolute atomic E-state index is 12.8. The predicted octanol–water partition coefficient (Wildman–Crippen LogP) is 5.88. The van der Waals surface area contributed by atoms with Crippen molar-refractivity contribution < 1.29 is 18.9 Å². The molecule has 0 aromatic heterocycles. The summed E-state index contributed by atoms with van der Waals surface area (Å²) >= 11 is 0. The number of nitrogens with one attached hydrogen (secondary N) is 2. The molecule has 1 aromatic carbocycles. The van der Waals surface area contributed by atoms with Gasteiger partial charge in [0, 0.05) is 44.3 Å². The lowest BCUT2D eigenvalue weighted by Gasteiger charge is -2.27. The molecule has 0 saturated heterocycles. The van der Waals surface area contributed by atoms with Gasteiger partial charge in [-0.25, -0.2) is 4.58 Å². The van der Waals surface area contributed by atoms with Crippen LogP contribution in [0.1, 0.15) is 70.8 Å². The molecule has 1 aliphatic heterocycles. The van der Waals surface area contributed by atoms with Gasteiger partial charge in [-0.05, 0) is 73.0 Å². The highest BCUT2D eigenvalue weighted by molar-refractivity contribution is 5.76. The molecule has 1 heterocycles. The third kappa shape index (κ3) is 9.51. The van der Waals surface area contributed by atoms with E-state index in [-0.39, 0.29) is 23.8 Å². The highest BCUT2D eigenvalue weighted by atomic mass is 16.5. The second-order valence-corrected chi connectivity index (χ2v) is 11.3. The molecule has 2 amide bonds. The maximum atomic E-state index is 12.8. The van der Waals surface area contributed by atoms with E-state index in [1.807, 2.05) is 12.1 Å². The van der Waals surface area contributed by atoms with Crippen LogP contribution in [0.15, 0.2) is 89.1 Å². The second-order valence-electron chi connectivity index (χ2n) is 11.3. The Balaban J connectivity index is 1.29. The molecule has 40 heavy (non-hydrogen) atoms. The number of unbranched alkanes of at least 4 members (excludes halogenated alkanes) is 1. The van der Waals surface area contributed by atoms with E-state index in [0.717, 1.165) is 87.2 Å². The number of hydrogen-bond acceptors (Lipinski definition) is 3. The number of amides is 2. The Morgan fingerprint density at radius 1 is 1.07 bits per heavy atom. The molecule has 2 unspecified atom stereocenters.